The Balaban J connectivity index is 1.49. The summed E-state index contributed by atoms with van der Waals surface area (Å²) >= 11 is 1.24. The highest BCUT2D eigenvalue weighted by Crippen LogP contribution is 2.30. The van der Waals surface area contributed by atoms with Gasteiger partial charge < -0.3 is 14.8 Å². The first-order chi connectivity index (χ1) is 13.5. The molecule has 1 aliphatic rings. The molecule has 7 nitrogen and oxygen atoms in total. The zero-order valence-electron chi connectivity index (χ0n) is 14.9. The van der Waals surface area contributed by atoms with Crippen LogP contribution in [0.5, 0.6) is 0 Å². The van der Waals surface area contributed by atoms with Gasteiger partial charge in [0.15, 0.2) is 11.0 Å². The molecule has 0 aliphatic carbocycles. The van der Waals surface area contributed by atoms with E-state index in [9.17, 15) is 14.0 Å². The Morgan fingerprint density at radius 2 is 1.93 bits per heavy atom. The van der Waals surface area contributed by atoms with Gasteiger partial charge in [0.05, 0.1) is 17.1 Å². The second-order valence-electron chi connectivity index (χ2n) is 6.21. The van der Waals surface area contributed by atoms with Gasteiger partial charge in [0.1, 0.15) is 12.4 Å². The molecule has 1 aliphatic heterocycles. The first-order valence-corrected chi connectivity index (χ1v) is 9.49. The van der Waals surface area contributed by atoms with Crippen LogP contribution in [0.4, 0.5) is 15.8 Å². The van der Waals surface area contributed by atoms with Crippen molar-refractivity contribution in [1.82, 2.24) is 14.8 Å². The smallest absolute Gasteiger partial charge is 0.244 e. The number of hydrogen-bond acceptors (Lipinski definition) is 5. The van der Waals surface area contributed by atoms with Crippen LogP contribution in [0.2, 0.25) is 0 Å². The van der Waals surface area contributed by atoms with Crippen LogP contribution < -0.4 is 10.2 Å². The molecule has 28 heavy (non-hydrogen) atoms. The highest BCUT2D eigenvalue weighted by Gasteiger charge is 2.27. The monoisotopic (exact) mass is 397 g/mol. The van der Waals surface area contributed by atoms with Gasteiger partial charge in [0.25, 0.3) is 0 Å². The summed E-state index contributed by atoms with van der Waals surface area (Å²) in [6, 6.07) is 13.2. The topological polar surface area (TPSA) is 80.1 Å². The number of nitrogens with zero attached hydrogens (tertiary/aromatic N) is 4. The van der Waals surface area contributed by atoms with Crippen molar-refractivity contribution < 1.29 is 14.0 Å². The Morgan fingerprint density at radius 3 is 2.71 bits per heavy atom. The largest absolute Gasteiger partial charge is 0.323 e. The van der Waals surface area contributed by atoms with E-state index in [2.05, 4.69) is 15.5 Å². The number of para-hydroxylation sites is 2. The van der Waals surface area contributed by atoms with Crippen molar-refractivity contribution in [3.63, 3.8) is 0 Å². The molecule has 0 saturated heterocycles. The number of halogens is 1. The molecule has 4 rings (SSSR count). The summed E-state index contributed by atoms with van der Waals surface area (Å²) in [6.07, 6.45) is 0. The number of nitrogens with one attached hydrogen (secondary N) is 1. The molecule has 0 radical (unpaired) electrons. The van der Waals surface area contributed by atoms with Gasteiger partial charge in [-0.2, -0.15) is 0 Å². The SMILES string of the molecule is Cn1c(SCC(=O)N2CC(=O)Nc3ccccc32)nnc1-c1ccc(F)cc1. The second-order valence-corrected chi connectivity index (χ2v) is 7.15. The molecular formula is C19H16FN5O2S. The van der Waals surface area contributed by atoms with Crippen molar-refractivity contribution in [3.8, 4) is 11.4 Å². The molecule has 3 aromatic rings. The van der Waals surface area contributed by atoms with Gasteiger partial charge >= 0.3 is 0 Å². The molecule has 1 N–H and O–H groups in total. The number of carbonyl (C=O) groups excluding carboxylic acids is 2. The molecule has 142 valence electrons. The predicted molar refractivity (Wildman–Crippen MR) is 105 cm³/mol. The molecule has 1 aromatic heterocycles. The van der Waals surface area contributed by atoms with Gasteiger partial charge in [0, 0.05) is 12.6 Å². The van der Waals surface area contributed by atoms with Crippen LogP contribution in [0.1, 0.15) is 0 Å². The van der Waals surface area contributed by atoms with E-state index in [1.807, 2.05) is 6.07 Å². The van der Waals surface area contributed by atoms with E-state index in [4.69, 9.17) is 0 Å². The Hall–Kier alpha value is -3.20. The molecule has 0 spiro atoms. The van der Waals surface area contributed by atoms with E-state index < -0.39 is 0 Å². The lowest BCUT2D eigenvalue weighted by molar-refractivity contribution is -0.120. The van der Waals surface area contributed by atoms with Gasteiger partial charge in [-0.3, -0.25) is 9.59 Å². The predicted octanol–water partition coefficient (Wildman–Crippen LogP) is 2.70. The zero-order chi connectivity index (χ0) is 19.7. The van der Waals surface area contributed by atoms with E-state index in [0.717, 1.165) is 5.56 Å². The van der Waals surface area contributed by atoms with Crippen LogP contribution in [0.3, 0.4) is 0 Å². The molecule has 0 saturated carbocycles. The fraction of sp³-hybridized carbons (Fsp3) is 0.158. The highest BCUT2D eigenvalue weighted by molar-refractivity contribution is 7.99. The van der Waals surface area contributed by atoms with Crippen molar-refractivity contribution in [2.75, 3.05) is 22.5 Å². The van der Waals surface area contributed by atoms with Crippen molar-refractivity contribution >= 4 is 35.0 Å². The first kappa shape index (κ1) is 18.2. The maximum Gasteiger partial charge on any atom is 0.244 e. The van der Waals surface area contributed by atoms with Crippen LogP contribution in [0.15, 0.2) is 53.7 Å². The maximum absolute atomic E-state index is 13.1. The van der Waals surface area contributed by atoms with Crippen molar-refractivity contribution in [3.05, 3.63) is 54.3 Å². The minimum atomic E-state index is -0.322. The Labute approximate surface area is 164 Å². The lowest BCUT2D eigenvalue weighted by Gasteiger charge is -2.28. The van der Waals surface area contributed by atoms with Gasteiger partial charge in [0.2, 0.25) is 11.8 Å². The molecule has 0 atom stereocenters. The van der Waals surface area contributed by atoms with E-state index in [-0.39, 0.29) is 29.9 Å². The molecule has 2 aromatic carbocycles. The van der Waals surface area contributed by atoms with Gasteiger partial charge in [-0.15, -0.1) is 10.2 Å². The summed E-state index contributed by atoms with van der Waals surface area (Å²) in [6.45, 7) is -0.0178. The standard InChI is InChI=1S/C19H16FN5O2S/c1-24-18(12-6-8-13(20)9-7-12)22-23-19(24)28-11-17(27)25-10-16(26)21-14-4-2-3-5-15(14)25/h2-9H,10-11H2,1H3,(H,21,26). The van der Waals surface area contributed by atoms with E-state index in [1.165, 1.54) is 28.8 Å². The van der Waals surface area contributed by atoms with E-state index in [0.29, 0.717) is 22.4 Å². The highest BCUT2D eigenvalue weighted by atomic mass is 32.2. The molecular weight excluding hydrogens is 381 g/mol. The van der Waals surface area contributed by atoms with Gasteiger partial charge in [-0.05, 0) is 36.4 Å². The summed E-state index contributed by atoms with van der Waals surface area (Å²) in [5.41, 5.74) is 2.03. The van der Waals surface area contributed by atoms with E-state index in [1.54, 1.807) is 41.9 Å². The molecule has 0 bridgehead atoms. The number of fused-ring (bicyclic) bond motifs is 1. The Bertz CT molecular complexity index is 1050. The maximum atomic E-state index is 13.1. The minimum absolute atomic E-state index is 0.0178. The molecule has 9 heteroatoms. The average Bonchev–Trinajstić information content (AvgIpc) is 3.06. The second kappa shape index (κ2) is 7.43. The summed E-state index contributed by atoms with van der Waals surface area (Å²) in [7, 11) is 1.79. The number of aromatic nitrogens is 3. The third-order valence-corrected chi connectivity index (χ3v) is 5.34. The normalized spacial score (nSPS) is 13.2. The molecule has 2 heterocycles. The van der Waals surface area contributed by atoms with Crippen molar-refractivity contribution in [1.29, 1.82) is 0 Å². The lowest BCUT2D eigenvalue weighted by atomic mass is 10.2. The quantitative estimate of drug-likeness (QED) is 0.685. The van der Waals surface area contributed by atoms with Gasteiger partial charge in [-0.1, -0.05) is 23.9 Å². The first-order valence-electron chi connectivity index (χ1n) is 8.50. The number of carbonyl (C=O) groups is 2. The summed E-state index contributed by atoms with van der Waals surface area (Å²) < 4.78 is 14.9. The van der Waals surface area contributed by atoms with Crippen molar-refractivity contribution in [2.24, 2.45) is 7.05 Å². The number of benzene rings is 2. The van der Waals surface area contributed by atoms with Crippen LogP contribution in [-0.2, 0) is 16.6 Å². The summed E-state index contributed by atoms with van der Waals surface area (Å²) in [5.74, 6) is -0.0562. The molecule has 2 amide bonds. The average molecular weight is 397 g/mol. The number of anilines is 2. The number of amides is 2. The zero-order valence-corrected chi connectivity index (χ0v) is 15.7. The van der Waals surface area contributed by atoms with Gasteiger partial charge in [-0.25, -0.2) is 4.39 Å². The minimum Gasteiger partial charge on any atom is -0.323 e. The van der Waals surface area contributed by atoms with Crippen LogP contribution in [0, 0.1) is 5.82 Å². The Morgan fingerprint density at radius 1 is 1.18 bits per heavy atom. The van der Waals surface area contributed by atoms with E-state index >= 15 is 0 Å². The third-order valence-electron chi connectivity index (χ3n) is 4.33. The summed E-state index contributed by atoms with van der Waals surface area (Å²) in [4.78, 5) is 26.1. The molecule has 0 fully saturated rings. The number of rotatable bonds is 4. The van der Waals surface area contributed by atoms with Crippen LogP contribution in [0.25, 0.3) is 11.4 Å². The Kier molecular flexibility index (Phi) is 4.82. The summed E-state index contributed by atoms with van der Waals surface area (Å²) in [5, 5.41) is 11.6. The van der Waals surface area contributed by atoms with Crippen molar-refractivity contribution in [2.45, 2.75) is 5.16 Å². The fourth-order valence-electron chi connectivity index (χ4n) is 2.95. The number of hydrogen-bond donors (Lipinski definition) is 1. The molecule has 0 unspecified atom stereocenters. The lowest BCUT2D eigenvalue weighted by Crippen LogP contribution is -2.43. The third kappa shape index (κ3) is 3.48. The van der Waals surface area contributed by atoms with Crippen LogP contribution in [-0.4, -0.2) is 38.9 Å². The number of thioether (sulfide) groups is 1. The fourth-order valence-corrected chi connectivity index (χ4v) is 3.74. The van der Waals surface area contributed by atoms with Crippen LogP contribution >= 0.6 is 11.8 Å².